The predicted octanol–water partition coefficient (Wildman–Crippen LogP) is 2.93. The molecule has 1 aromatic heterocycles. The van der Waals surface area contributed by atoms with Crippen molar-refractivity contribution in [2.75, 3.05) is 33.8 Å². The van der Waals surface area contributed by atoms with E-state index in [0.29, 0.717) is 21.9 Å². The Balaban J connectivity index is 2.06. The average molecular weight is 421 g/mol. The van der Waals surface area contributed by atoms with Crippen LogP contribution < -0.4 is 14.8 Å². The summed E-state index contributed by atoms with van der Waals surface area (Å²) in [5.74, 6) is -1.17. The van der Waals surface area contributed by atoms with Crippen LogP contribution in [0.5, 0.6) is 11.5 Å². The Labute approximate surface area is 170 Å². The van der Waals surface area contributed by atoms with E-state index < -0.39 is 24.1 Å². The van der Waals surface area contributed by atoms with Crippen molar-refractivity contribution in [1.29, 1.82) is 0 Å². The van der Waals surface area contributed by atoms with Gasteiger partial charge < -0.3 is 29.0 Å². The van der Waals surface area contributed by atoms with Crippen molar-refractivity contribution < 1.29 is 38.1 Å². The lowest BCUT2D eigenvalue weighted by atomic mass is 10.1. The summed E-state index contributed by atoms with van der Waals surface area (Å²) in [6.07, 6.45) is -0.899. The lowest BCUT2D eigenvalue weighted by Crippen LogP contribution is -2.13. The summed E-state index contributed by atoms with van der Waals surface area (Å²) < 4.78 is 25.6. The first-order chi connectivity index (χ1) is 13.9. The number of carbonyl (C=O) groups excluding carboxylic acids is 3. The average Bonchev–Trinajstić information content (AvgIpc) is 3.22. The zero-order chi connectivity index (χ0) is 21.3. The molecule has 0 saturated heterocycles. The maximum atomic E-state index is 12.5. The van der Waals surface area contributed by atoms with Crippen LogP contribution >= 0.6 is 11.3 Å². The minimum absolute atomic E-state index is 0.169. The molecule has 0 amide bonds. The quantitative estimate of drug-likeness (QED) is 0.556. The molecule has 0 saturated carbocycles. The number of thiophene rings is 1. The first-order valence-corrected chi connectivity index (χ1v) is 9.21. The summed E-state index contributed by atoms with van der Waals surface area (Å²) in [5.41, 5.74) is 1.32. The van der Waals surface area contributed by atoms with E-state index in [0.717, 1.165) is 11.3 Å². The fourth-order valence-corrected chi connectivity index (χ4v) is 4.21. The zero-order valence-electron chi connectivity index (χ0n) is 16.4. The highest BCUT2D eigenvalue weighted by atomic mass is 32.1. The third-order valence-electron chi connectivity index (χ3n) is 4.46. The normalized spacial score (nSPS) is 14.7. The van der Waals surface area contributed by atoms with Gasteiger partial charge in [-0.1, -0.05) is 0 Å². The first-order valence-electron chi connectivity index (χ1n) is 8.40. The molecule has 0 spiro atoms. The number of nitrogens with one attached hydrogen (secondary N) is 1. The molecular formula is C19H19NO8S. The molecule has 154 valence electrons. The van der Waals surface area contributed by atoms with Gasteiger partial charge in [0.05, 0.1) is 34.0 Å². The molecule has 1 aliphatic rings. The van der Waals surface area contributed by atoms with Crippen LogP contribution in [0.1, 0.15) is 47.7 Å². The van der Waals surface area contributed by atoms with Gasteiger partial charge in [-0.2, -0.15) is 0 Å². The molecule has 29 heavy (non-hydrogen) atoms. The van der Waals surface area contributed by atoms with Crippen molar-refractivity contribution >= 4 is 34.2 Å². The van der Waals surface area contributed by atoms with Gasteiger partial charge in [-0.15, -0.1) is 11.3 Å². The summed E-state index contributed by atoms with van der Waals surface area (Å²) in [6.45, 7) is 1.61. The van der Waals surface area contributed by atoms with Crippen LogP contribution in [-0.4, -0.2) is 46.3 Å². The molecule has 9 nitrogen and oxygen atoms in total. The van der Waals surface area contributed by atoms with Gasteiger partial charge in [-0.05, 0) is 24.6 Å². The molecular weight excluding hydrogens is 402 g/mol. The Morgan fingerprint density at radius 3 is 2.34 bits per heavy atom. The van der Waals surface area contributed by atoms with Crippen LogP contribution in [0.15, 0.2) is 12.1 Å². The molecule has 1 aromatic carbocycles. The Morgan fingerprint density at radius 2 is 1.76 bits per heavy atom. The monoisotopic (exact) mass is 421 g/mol. The van der Waals surface area contributed by atoms with Crippen LogP contribution in [0.25, 0.3) is 0 Å². The maximum Gasteiger partial charge on any atom is 0.348 e. The number of anilines is 1. The number of hydrogen-bond donors (Lipinski definition) is 1. The van der Waals surface area contributed by atoms with Crippen molar-refractivity contribution in [2.24, 2.45) is 0 Å². The highest BCUT2D eigenvalue weighted by molar-refractivity contribution is 7.18. The Kier molecular flexibility index (Phi) is 5.64. The number of ether oxygens (including phenoxy) is 5. The Morgan fingerprint density at radius 1 is 1.07 bits per heavy atom. The molecule has 1 atom stereocenters. The largest absolute Gasteiger partial charge is 0.493 e. The van der Waals surface area contributed by atoms with Crippen LogP contribution in [0.3, 0.4) is 0 Å². The third kappa shape index (κ3) is 3.35. The summed E-state index contributed by atoms with van der Waals surface area (Å²) in [6, 6.07) is 3.31. The van der Waals surface area contributed by atoms with Gasteiger partial charge in [0.1, 0.15) is 15.4 Å². The van der Waals surface area contributed by atoms with Crippen LogP contribution in [0, 0.1) is 6.92 Å². The molecule has 2 aromatic rings. The topological polar surface area (TPSA) is 109 Å². The van der Waals surface area contributed by atoms with Crippen molar-refractivity contribution in [1.82, 2.24) is 0 Å². The van der Waals surface area contributed by atoms with Gasteiger partial charge in [0, 0.05) is 5.56 Å². The van der Waals surface area contributed by atoms with Gasteiger partial charge in [-0.3, -0.25) is 0 Å². The smallest absolute Gasteiger partial charge is 0.348 e. The maximum absolute atomic E-state index is 12.5. The van der Waals surface area contributed by atoms with Crippen molar-refractivity contribution in [3.63, 3.8) is 0 Å². The zero-order valence-corrected chi connectivity index (χ0v) is 17.2. The van der Waals surface area contributed by atoms with Gasteiger partial charge in [0.25, 0.3) is 0 Å². The summed E-state index contributed by atoms with van der Waals surface area (Å²) >= 11 is 1.01. The lowest BCUT2D eigenvalue weighted by molar-refractivity contribution is 0.0435. The SMILES string of the molecule is COC(=O)c1sc(NC2OC(=O)c3c2ccc(OC)c3OC)c(C(=O)OC)c1C. The molecule has 0 aliphatic carbocycles. The number of rotatable bonds is 6. The molecule has 0 radical (unpaired) electrons. The minimum Gasteiger partial charge on any atom is -0.493 e. The molecule has 1 unspecified atom stereocenters. The van der Waals surface area contributed by atoms with Crippen molar-refractivity contribution in [3.8, 4) is 11.5 Å². The van der Waals surface area contributed by atoms with E-state index in [1.807, 2.05) is 0 Å². The number of benzene rings is 1. The van der Waals surface area contributed by atoms with E-state index in [2.05, 4.69) is 5.32 Å². The molecule has 2 heterocycles. The van der Waals surface area contributed by atoms with E-state index in [1.165, 1.54) is 28.4 Å². The summed E-state index contributed by atoms with van der Waals surface area (Å²) in [7, 11) is 5.38. The van der Waals surface area contributed by atoms with Gasteiger partial charge in [0.15, 0.2) is 11.5 Å². The van der Waals surface area contributed by atoms with E-state index in [-0.39, 0.29) is 21.8 Å². The van der Waals surface area contributed by atoms with Crippen LogP contribution in [0.2, 0.25) is 0 Å². The second kappa shape index (κ2) is 8.00. The van der Waals surface area contributed by atoms with Crippen LogP contribution in [-0.2, 0) is 14.2 Å². The lowest BCUT2D eigenvalue weighted by Gasteiger charge is -2.15. The number of fused-ring (bicyclic) bond motifs is 1. The van der Waals surface area contributed by atoms with E-state index in [1.54, 1.807) is 19.1 Å². The Hall–Kier alpha value is -3.27. The highest BCUT2D eigenvalue weighted by Crippen LogP contribution is 2.44. The fraction of sp³-hybridized carbons (Fsp3) is 0.316. The molecule has 1 aliphatic heterocycles. The predicted molar refractivity (Wildman–Crippen MR) is 103 cm³/mol. The van der Waals surface area contributed by atoms with E-state index in [4.69, 9.17) is 23.7 Å². The molecule has 3 rings (SSSR count). The number of hydrogen-bond acceptors (Lipinski definition) is 10. The number of carbonyl (C=O) groups is 3. The molecule has 0 bridgehead atoms. The standard InChI is InChI=1S/C19H19NO8S/c1-8-11(17(21)26-4)16(29-14(8)19(23)27-5)20-15-9-6-7-10(24-2)13(25-3)12(9)18(22)28-15/h6-7,15,20H,1-5H3. The minimum atomic E-state index is -0.899. The summed E-state index contributed by atoms with van der Waals surface area (Å²) in [5, 5.41) is 3.33. The highest BCUT2D eigenvalue weighted by Gasteiger charge is 2.37. The summed E-state index contributed by atoms with van der Waals surface area (Å²) in [4.78, 5) is 37.0. The molecule has 0 fully saturated rings. The number of esters is 3. The number of cyclic esters (lactones) is 1. The van der Waals surface area contributed by atoms with Crippen molar-refractivity contribution in [3.05, 3.63) is 39.3 Å². The van der Waals surface area contributed by atoms with Gasteiger partial charge in [0.2, 0.25) is 6.23 Å². The fourth-order valence-electron chi connectivity index (χ4n) is 3.08. The molecule has 1 N–H and O–H groups in total. The Bertz CT molecular complexity index is 997. The van der Waals surface area contributed by atoms with Gasteiger partial charge >= 0.3 is 17.9 Å². The second-order valence-corrected chi connectivity index (χ2v) is 6.96. The van der Waals surface area contributed by atoms with Crippen LogP contribution in [0.4, 0.5) is 5.00 Å². The number of methoxy groups -OCH3 is 4. The van der Waals surface area contributed by atoms with Crippen molar-refractivity contribution in [2.45, 2.75) is 13.2 Å². The van der Waals surface area contributed by atoms with E-state index in [9.17, 15) is 14.4 Å². The second-order valence-electron chi connectivity index (χ2n) is 5.94. The van der Waals surface area contributed by atoms with E-state index >= 15 is 0 Å². The first kappa shape index (κ1) is 20.5. The molecule has 10 heteroatoms. The third-order valence-corrected chi connectivity index (χ3v) is 5.66. The van der Waals surface area contributed by atoms with Gasteiger partial charge in [-0.25, -0.2) is 14.4 Å².